The van der Waals surface area contributed by atoms with E-state index in [0.717, 1.165) is 24.6 Å². The Morgan fingerprint density at radius 3 is 2.57 bits per heavy atom. The monoisotopic (exact) mass is 283 g/mol. The maximum absolute atomic E-state index is 5.93. The van der Waals surface area contributed by atoms with Crippen LogP contribution in [0.5, 0.6) is 11.5 Å². The molecule has 3 rings (SSSR count). The van der Waals surface area contributed by atoms with Gasteiger partial charge in [0.25, 0.3) is 0 Å². The van der Waals surface area contributed by atoms with Crippen molar-refractivity contribution in [3.05, 3.63) is 60.2 Å². The molecular formula is C18H21NO2. The molecule has 0 aromatic heterocycles. The van der Waals surface area contributed by atoms with Gasteiger partial charge in [-0.1, -0.05) is 49.4 Å². The van der Waals surface area contributed by atoms with Gasteiger partial charge in [0.15, 0.2) is 11.5 Å². The summed E-state index contributed by atoms with van der Waals surface area (Å²) in [7, 11) is 0. The van der Waals surface area contributed by atoms with Crippen LogP contribution in [0.1, 0.15) is 18.4 Å². The van der Waals surface area contributed by atoms with Gasteiger partial charge in [0, 0.05) is 13.1 Å². The highest BCUT2D eigenvalue weighted by Crippen LogP contribution is 2.30. The van der Waals surface area contributed by atoms with Gasteiger partial charge >= 0.3 is 0 Å². The van der Waals surface area contributed by atoms with Crippen LogP contribution < -0.4 is 14.8 Å². The summed E-state index contributed by atoms with van der Waals surface area (Å²) >= 11 is 0. The van der Waals surface area contributed by atoms with Gasteiger partial charge in [0.05, 0.1) is 0 Å². The number of fused-ring (bicyclic) bond motifs is 1. The number of ether oxygens (including phenoxy) is 2. The molecule has 3 heteroatoms. The van der Waals surface area contributed by atoms with E-state index in [2.05, 4.69) is 36.5 Å². The highest BCUT2D eigenvalue weighted by Gasteiger charge is 2.20. The van der Waals surface area contributed by atoms with Crippen molar-refractivity contribution in [2.45, 2.75) is 18.9 Å². The molecular weight excluding hydrogens is 262 g/mol. The van der Waals surface area contributed by atoms with E-state index in [1.807, 2.05) is 30.3 Å². The normalized spacial score (nSPS) is 18.2. The first kappa shape index (κ1) is 14.0. The number of rotatable bonds is 5. The van der Waals surface area contributed by atoms with E-state index in [0.29, 0.717) is 12.5 Å². The third kappa shape index (κ3) is 3.56. The minimum absolute atomic E-state index is 0.0721. The van der Waals surface area contributed by atoms with Gasteiger partial charge in [0.2, 0.25) is 0 Å². The first-order chi connectivity index (χ1) is 10.3. The lowest BCUT2D eigenvalue weighted by Gasteiger charge is -2.27. The molecule has 2 aromatic carbocycles. The van der Waals surface area contributed by atoms with E-state index >= 15 is 0 Å². The van der Waals surface area contributed by atoms with Crippen LogP contribution in [-0.2, 0) is 0 Å². The second kappa shape index (κ2) is 6.64. The number of benzene rings is 2. The largest absolute Gasteiger partial charge is 0.486 e. The molecule has 0 fully saturated rings. The van der Waals surface area contributed by atoms with Crippen molar-refractivity contribution in [2.75, 3.05) is 19.7 Å². The molecule has 110 valence electrons. The second-order valence-corrected chi connectivity index (χ2v) is 5.47. The molecule has 1 aliphatic heterocycles. The van der Waals surface area contributed by atoms with Gasteiger partial charge in [-0.3, -0.25) is 0 Å². The Bertz CT molecular complexity index is 570. The lowest BCUT2D eigenvalue weighted by molar-refractivity contribution is 0.0903. The number of hydrogen-bond acceptors (Lipinski definition) is 3. The molecule has 3 nitrogen and oxygen atoms in total. The average Bonchev–Trinajstić information content (AvgIpc) is 2.55. The summed E-state index contributed by atoms with van der Waals surface area (Å²) in [5.74, 6) is 2.17. The van der Waals surface area contributed by atoms with Crippen molar-refractivity contribution in [3.8, 4) is 11.5 Å². The second-order valence-electron chi connectivity index (χ2n) is 5.47. The fourth-order valence-corrected chi connectivity index (χ4v) is 2.52. The SMILES string of the molecule is CC(CNCC1COc2ccccc2O1)c1ccccc1. The molecule has 0 bridgehead atoms. The molecule has 2 aromatic rings. The Morgan fingerprint density at radius 2 is 1.76 bits per heavy atom. The highest BCUT2D eigenvalue weighted by molar-refractivity contribution is 5.40. The van der Waals surface area contributed by atoms with Crippen molar-refractivity contribution in [1.29, 1.82) is 0 Å². The van der Waals surface area contributed by atoms with Crippen LogP contribution in [0.2, 0.25) is 0 Å². The molecule has 0 amide bonds. The molecule has 2 atom stereocenters. The number of hydrogen-bond donors (Lipinski definition) is 1. The van der Waals surface area contributed by atoms with E-state index < -0.39 is 0 Å². The van der Waals surface area contributed by atoms with E-state index in [-0.39, 0.29) is 6.10 Å². The molecule has 1 aliphatic rings. The molecule has 0 spiro atoms. The van der Waals surface area contributed by atoms with Gasteiger partial charge < -0.3 is 14.8 Å². The fourth-order valence-electron chi connectivity index (χ4n) is 2.52. The van der Waals surface area contributed by atoms with Gasteiger partial charge in [-0.25, -0.2) is 0 Å². The maximum Gasteiger partial charge on any atom is 0.161 e. The van der Waals surface area contributed by atoms with Gasteiger partial charge in [-0.05, 0) is 23.6 Å². The quantitative estimate of drug-likeness (QED) is 0.914. The zero-order valence-electron chi connectivity index (χ0n) is 12.3. The smallest absolute Gasteiger partial charge is 0.161 e. The van der Waals surface area contributed by atoms with Crippen molar-refractivity contribution in [3.63, 3.8) is 0 Å². The molecule has 2 unspecified atom stereocenters. The topological polar surface area (TPSA) is 30.5 Å². The van der Waals surface area contributed by atoms with Crippen LogP contribution in [0.15, 0.2) is 54.6 Å². The highest BCUT2D eigenvalue weighted by atomic mass is 16.6. The van der Waals surface area contributed by atoms with Crippen molar-refractivity contribution < 1.29 is 9.47 Å². The van der Waals surface area contributed by atoms with Crippen LogP contribution in [0.25, 0.3) is 0 Å². The van der Waals surface area contributed by atoms with Gasteiger partial charge in [0.1, 0.15) is 12.7 Å². The van der Waals surface area contributed by atoms with Gasteiger partial charge in [-0.2, -0.15) is 0 Å². The van der Waals surface area contributed by atoms with E-state index in [9.17, 15) is 0 Å². The Balaban J connectivity index is 1.47. The summed E-state index contributed by atoms with van der Waals surface area (Å²) in [4.78, 5) is 0. The minimum atomic E-state index is 0.0721. The van der Waals surface area contributed by atoms with Crippen LogP contribution in [0.4, 0.5) is 0 Å². The summed E-state index contributed by atoms with van der Waals surface area (Å²) in [6.07, 6.45) is 0.0721. The summed E-state index contributed by atoms with van der Waals surface area (Å²) < 4.78 is 11.6. The first-order valence-corrected chi connectivity index (χ1v) is 7.47. The Labute approximate surface area is 125 Å². The molecule has 0 saturated heterocycles. The fraction of sp³-hybridized carbons (Fsp3) is 0.333. The summed E-state index contributed by atoms with van der Waals surface area (Å²) in [5, 5.41) is 3.48. The lowest BCUT2D eigenvalue weighted by Crippen LogP contribution is -2.39. The Hall–Kier alpha value is -2.00. The van der Waals surface area contributed by atoms with Crippen LogP contribution in [0.3, 0.4) is 0 Å². The van der Waals surface area contributed by atoms with Crippen molar-refractivity contribution in [1.82, 2.24) is 5.32 Å². The lowest BCUT2D eigenvalue weighted by atomic mass is 10.0. The summed E-state index contributed by atoms with van der Waals surface area (Å²) in [5.41, 5.74) is 1.36. The summed E-state index contributed by atoms with van der Waals surface area (Å²) in [6, 6.07) is 18.4. The molecule has 0 radical (unpaired) electrons. The predicted molar refractivity (Wildman–Crippen MR) is 84.1 cm³/mol. The third-order valence-corrected chi connectivity index (χ3v) is 3.76. The van der Waals surface area contributed by atoms with E-state index in [1.165, 1.54) is 5.56 Å². The average molecular weight is 283 g/mol. The zero-order chi connectivity index (χ0) is 14.5. The molecule has 0 saturated carbocycles. The predicted octanol–water partition coefficient (Wildman–Crippen LogP) is 3.22. The van der Waals surface area contributed by atoms with Crippen LogP contribution in [0, 0.1) is 0 Å². The first-order valence-electron chi connectivity index (χ1n) is 7.47. The minimum Gasteiger partial charge on any atom is -0.486 e. The van der Waals surface area contributed by atoms with Crippen molar-refractivity contribution in [2.24, 2.45) is 0 Å². The standard InChI is InChI=1S/C18H21NO2/c1-14(15-7-3-2-4-8-15)11-19-12-16-13-20-17-9-5-6-10-18(17)21-16/h2-10,14,16,19H,11-13H2,1H3. The zero-order valence-corrected chi connectivity index (χ0v) is 12.3. The molecule has 1 N–H and O–H groups in total. The number of nitrogens with one attached hydrogen (secondary N) is 1. The molecule has 21 heavy (non-hydrogen) atoms. The van der Waals surface area contributed by atoms with E-state index in [4.69, 9.17) is 9.47 Å². The van der Waals surface area contributed by atoms with Crippen LogP contribution >= 0.6 is 0 Å². The van der Waals surface area contributed by atoms with Gasteiger partial charge in [-0.15, -0.1) is 0 Å². The van der Waals surface area contributed by atoms with Crippen LogP contribution in [-0.4, -0.2) is 25.8 Å². The summed E-state index contributed by atoms with van der Waals surface area (Å²) in [6.45, 7) is 4.57. The van der Waals surface area contributed by atoms with E-state index in [1.54, 1.807) is 0 Å². The number of para-hydroxylation sites is 2. The Morgan fingerprint density at radius 1 is 1.05 bits per heavy atom. The molecule has 0 aliphatic carbocycles. The Kier molecular flexibility index (Phi) is 4.41. The maximum atomic E-state index is 5.93. The van der Waals surface area contributed by atoms with Crippen molar-refractivity contribution >= 4 is 0 Å². The molecule has 1 heterocycles. The third-order valence-electron chi connectivity index (χ3n) is 3.76.